The van der Waals surface area contributed by atoms with Crippen LogP contribution in [-0.4, -0.2) is 28.6 Å². The highest BCUT2D eigenvalue weighted by molar-refractivity contribution is 7.10. The fraction of sp³-hybridized carbons (Fsp3) is 0.158. The minimum atomic E-state index is -1.20. The molecule has 1 aromatic carbocycles. The third-order valence-electron chi connectivity index (χ3n) is 3.51. The summed E-state index contributed by atoms with van der Waals surface area (Å²) in [6.45, 7) is 3.76. The van der Waals surface area contributed by atoms with Crippen molar-refractivity contribution in [1.29, 1.82) is 0 Å². The third-order valence-corrected chi connectivity index (χ3v) is 4.60. The number of carboxylic acids is 1. The van der Waals surface area contributed by atoms with Crippen LogP contribution in [0, 0.1) is 0 Å². The summed E-state index contributed by atoms with van der Waals surface area (Å²) < 4.78 is 0. The third kappa shape index (κ3) is 6.19. The number of nitrogens with zero attached hydrogens (tertiary/aromatic N) is 1. The predicted octanol–water partition coefficient (Wildman–Crippen LogP) is 3.04. The summed E-state index contributed by atoms with van der Waals surface area (Å²) in [4.78, 5) is 35.3. The molecule has 2 aromatic rings. The van der Waals surface area contributed by atoms with Gasteiger partial charge in [-0.05, 0) is 37.1 Å². The maximum atomic E-state index is 12.1. The molecule has 8 heteroatoms. The van der Waals surface area contributed by atoms with Gasteiger partial charge in [-0.15, -0.1) is 11.3 Å². The minimum absolute atomic E-state index is 0.284. The lowest BCUT2D eigenvalue weighted by molar-refractivity contribution is -0.131. The van der Waals surface area contributed by atoms with E-state index in [1.165, 1.54) is 11.3 Å². The second-order valence-corrected chi connectivity index (χ2v) is 6.53. The van der Waals surface area contributed by atoms with Gasteiger partial charge in [0, 0.05) is 28.1 Å². The molecule has 0 spiro atoms. The maximum Gasteiger partial charge on any atom is 0.328 e. The van der Waals surface area contributed by atoms with Crippen molar-refractivity contribution in [3.8, 4) is 0 Å². The Balaban J connectivity index is 2.04. The first-order valence-corrected chi connectivity index (χ1v) is 9.01. The molecular formula is C19H19N3O4S. The molecule has 1 heterocycles. The Labute approximate surface area is 160 Å². The molecule has 140 valence electrons. The maximum absolute atomic E-state index is 12.1. The molecule has 27 heavy (non-hydrogen) atoms. The number of carboxylic acid groups (broad SMARTS) is 1. The number of aliphatic carboxylic acids is 1. The number of carbonyl (C=O) groups excluding carboxylic acids is 2. The van der Waals surface area contributed by atoms with Crippen molar-refractivity contribution in [2.75, 3.05) is 5.32 Å². The van der Waals surface area contributed by atoms with Crippen LogP contribution < -0.4 is 10.7 Å². The lowest BCUT2D eigenvalue weighted by atomic mass is 10.1. The lowest BCUT2D eigenvalue weighted by Crippen LogP contribution is -2.18. The standard InChI is InChI=1S/C19H19N3O4S/c1-3-16-10-14(11-27-16)19(26)22-21-12(2)13-5-4-6-15(9-13)20-17(23)7-8-18(24)25/h4-11H,3H2,1-2H3,(H,20,23)(H,22,26)(H,24,25)/b8-7+,21-12-. The number of anilines is 1. The Morgan fingerprint density at radius 1 is 1.19 bits per heavy atom. The van der Waals surface area contributed by atoms with Gasteiger partial charge in [-0.3, -0.25) is 9.59 Å². The van der Waals surface area contributed by atoms with Gasteiger partial charge in [0.1, 0.15) is 0 Å². The molecule has 0 saturated heterocycles. The highest BCUT2D eigenvalue weighted by atomic mass is 32.1. The summed E-state index contributed by atoms with van der Waals surface area (Å²) in [5, 5.41) is 17.0. The molecule has 7 nitrogen and oxygen atoms in total. The second-order valence-electron chi connectivity index (χ2n) is 5.54. The number of thiophene rings is 1. The smallest absolute Gasteiger partial charge is 0.328 e. The molecule has 2 rings (SSSR count). The summed E-state index contributed by atoms with van der Waals surface area (Å²) in [5.74, 6) is -2.04. The van der Waals surface area contributed by atoms with E-state index in [9.17, 15) is 14.4 Å². The summed E-state index contributed by atoms with van der Waals surface area (Å²) in [7, 11) is 0. The molecule has 0 aliphatic carbocycles. The Morgan fingerprint density at radius 3 is 2.63 bits per heavy atom. The van der Waals surface area contributed by atoms with Gasteiger partial charge in [-0.2, -0.15) is 5.10 Å². The average Bonchev–Trinajstić information content (AvgIpc) is 3.13. The van der Waals surface area contributed by atoms with Crippen LogP contribution in [-0.2, 0) is 16.0 Å². The fourth-order valence-electron chi connectivity index (χ4n) is 2.10. The van der Waals surface area contributed by atoms with E-state index in [1.807, 2.05) is 13.0 Å². The number of nitrogens with one attached hydrogen (secondary N) is 2. The molecule has 0 atom stereocenters. The number of aryl methyl sites for hydroxylation is 1. The predicted molar refractivity (Wildman–Crippen MR) is 105 cm³/mol. The van der Waals surface area contributed by atoms with Gasteiger partial charge in [0.25, 0.3) is 5.91 Å². The topological polar surface area (TPSA) is 108 Å². The molecule has 2 amide bonds. The van der Waals surface area contributed by atoms with Crippen LogP contribution in [0.5, 0.6) is 0 Å². The normalized spacial score (nSPS) is 11.4. The van der Waals surface area contributed by atoms with Crippen molar-refractivity contribution >= 4 is 40.5 Å². The second kappa shape index (κ2) is 9.44. The molecule has 0 saturated carbocycles. The minimum Gasteiger partial charge on any atom is -0.478 e. The number of hydrazone groups is 1. The van der Waals surface area contributed by atoms with Gasteiger partial charge in [-0.1, -0.05) is 19.1 Å². The van der Waals surface area contributed by atoms with Crippen LogP contribution >= 0.6 is 11.3 Å². The van der Waals surface area contributed by atoms with Crippen molar-refractivity contribution in [1.82, 2.24) is 5.43 Å². The zero-order valence-corrected chi connectivity index (χ0v) is 15.7. The van der Waals surface area contributed by atoms with E-state index in [4.69, 9.17) is 5.11 Å². The zero-order valence-electron chi connectivity index (χ0n) is 14.9. The van der Waals surface area contributed by atoms with Gasteiger partial charge in [-0.25, -0.2) is 10.2 Å². The monoisotopic (exact) mass is 385 g/mol. The first-order chi connectivity index (χ1) is 12.9. The SMILES string of the molecule is CCc1cc(C(=O)N/N=C(/C)c2cccc(NC(=O)/C=C/C(=O)O)c2)cs1. The van der Waals surface area contributed by atoms with Crippen LogP contribution in [0.4, 0.5) is 5.69 Å². The number of hydrogen-bond acceptors (Lipinski definition) is 5. The Hall–Kier alpha value is -3.26. The lowest BCUT2D eigenvalue weighted by Gasteiger charge is -2.06. The Bertz CT molecular complexity index is 915. The summed E-state index contributed by atoms with van der Waals surface area (Å²) >= 11 is 1.53. The highest BCUT2D eigenvalue weighted by Crippen LogP contribution is 2.15. The van der Waals surface area contributed by atoms with E-state index >= 15 is 0 Å². The van der Waals surface area contributed by atoms with E-state index in [-0.39, 0.29) is 5.91 Å². The highest BCUT2D eigenvalue weighted by Gasteiger charge is 2.08. The van der Waals surface area contributed by atoms with Crippen LogP contribution in [0.2, 0.25) is 0 Å². The molecule has 0 unspecified atom stereocenters. The summed E-state index contributed by atoms with van der Waals surface area (Å²) in [6.07, 6.45) is 2.57. The fourth-order valence-corrected chi connectivity index (χ4v) is 2.92. The van der Waals surface area contributed by atoms with Crippen molar-refractivity contribution < 1.29 is 19.5 Å². The van der Waals surface area contributed by atoms with Crippen LogP contribution in [0.25, 0.3) is 0 Å². The number of hydrogen-bond donors (Lipinski definition) is 3. The first kappa shape index (κ1) is 20.1. The Morgan fingerprint density at radius 2 is 1.96 bits per heavy atom. The molecular weight excluding hydrogens is 366 g/mol. The first-order valence-electron chi connectivity index (χ1n) is 8.13. The number of amides is 2. The van der Waals surface area contributed by atoms with Crippen molar-refractivity contribution in [3.05, 3.63) is 63.9 Å². The Kier molecular flexibility index (Phi) is 7.01. The average molecular weight is 385 g/mol. The largest absolute Gasteiger partial charge is 0.478 e. The van der Waals surface area contributed by atoms with E-state index < -0.39 is 11.9 Å². The van der Waals surface area contributed by atoms with E-state index in [0.717, 1.165) is 23.5 Å². The quantitative estimate of drug-likeness (QED) is 0.387. The van der Waals surface area contributed by atoms with E-state index in [2.05, 4.69) is 15.8 Å². The van der Waals surface area contributed by atoms with Crippen molar-refractivity contribution in [3.63, 3.8) is 0 Å². The number of rotatable bonds is 7. The zero-order chi connectivity index (χ0) is 19.8. The number of benzene rings is 1. The van der Waals surface area contributed by atoms with E-state index in [1.54, 1.807) is 36.6 Å². The van der Waals surface area contributed by atoms with Gasteiger partial charge < -0.3 is 10.4 Å². The van der Waals surface area contributed by atoms with Crippen LogP contribution in [0.3, 0.4) is 0 Å². The van der Waals surface area contributed by atoms with E-state index in [0.29, 0.717) is 22.5 Å². The van der Waals surface area contributed by atoms with Crippen molar-refractivity contribution in [2.24, 2.45) is 5.10 Å². The molecule has 0 aliphatic rings. The molecule has 0 aliphatic heterocycles. The summed E-state index contributed by atoms with van der Waals surface area (Å²) in [6, 6.07) is 8.69. The number of carbonyl (C=O) groups is 3. The molecule has 0 radical (unpaired) electrons. The van der Waals surface area contributed by atoms with Gasteiger partial charge >= 0.3 is 5.97 Å². The summed E-state index contributed by atoms with van der Waals surface area (Å²) in [5.41, 5.74) is 4.84. The van der Waals surface area contributed by atoms with Gasteiger partial charge in [0.05, 0.1) is 11.3 Å². The molecule has 0 bridgehead atoms. The van der Waals surface area contributed by atoms with Gasteiger partial charge in [0.15, 0.2) is 0 Å². The molecule has 1 aromatic heterocycles. The molecule has 0 fully saturated rings. The van der Waals surface area contributed by atoms with Crippen molar-refractivity contribution in [2.45, 2.75) is 20.3 Å². The molecule has 3 N–H and O–H groups in total. The van der Waals surface area contributed by atoms with Gasteiger partial charge in [0.2, 0.25) is 5.91 Å². The van der Waals surface area contributed by atoms with Crippen LogP contribution in [0.15, 0.2) is 53.0 Å². The van der Waals surface area contributed by atoms with Crippen LogP contribution in [0.1, 0.15) is 34.6 Å².